The summed E-state index contributed by atoms with van der Waals surface area (Å²) in [6.45, 7) is 7.80. The second-order valence-electron chi connectivity index (χ2n) is 5.57. The fraction of sp³-hybridized carbons (Fsp3) is 0.316. The van der Waals surface area contributed by atoms with Crippen molar-refractivity contribution in [3.05, 3.63) is 71.0 Å². The zero-order valence-electron chi connectivity index (χ0n) is 13.7. The topological polar surface area (TPSA) is 33.5 Å². The lowest BCUT2D eigenvalue weighted by Gasteiger charge is -2.18. The Bertz CT molecular complexity index is 653. The SMILES string of the molecule is CC[NH+](CC)Cc1ccccc1CNC(=O)c1ccccc1F. The van der Waals surface area contributed by atoms with Crippen LogP contribution in [0.3, 0.4) is 0 Å². The predicted octanol–water partition coefficient (Wildman–Crippen LogP) is 2.18. The molecule has 0 saturated carbocycles. The Morgan fingerprint density at radius 1 is 1.00 bits per heavy atom. The molecule has 2 N–H and O–H groups in total. The first-order valence-corrected chi connectivity index (χ1v) is 8.08. The summed E-state index contributed by atoms with van der Waals surface area (Å²) >= 11 is 0. The van der Waals surface area contributed by atoms with Crippen LogP contribution in [0.4, 0.5) is 4.39 Å². The van der Waals surface area contributed by atoms with E-state index in [9.17, 15) is 9.18 Å². The van der Waals surface area contributed by atoms with Gasteiger partial charge in [-0.15, -0.1) is 0 Å². The van der Waals surface area contributed by atoms with Crippen LogP contribution < -0.4 is 10.2 Å². The monoisotopic (exact) mass is 315 g/mol. The molecule has 2 rings (SSSR count). The predicted molar refractivity (Wildman–Crippen MR) is 89.8 cm³/mol. The number of carbonyl (C=O) groups excluding carboxylic acids is 1. The van der Waals surface area contributed by atoms with Crippen LogP contribution in [-0.2, 0) is 13.1 Å². The van der Waals surface area contributed by atoms with Crippen LogP contribution in [0.2, 0.25) is 0 Å². The minimum absolute atomic E-state index is 0.0827. The molecular formula is C19H24FN2O+. The highest BCUT2D eigenvalue weighted by Gasteiger charge is 2.12. The Balaban J connectivity index is 2.06. The van der Waals surface area contributed by atoms with Gasteiger partial charge in [0.1, 0.15) is 12.4 Å². The molecule has 2 aromatic rings. The molecule has 0 spiro atoms. The van der Waals surface area contributed by atoms with Gasteiger partial charge in [-0.3, -0.25) is 4.79 Å². The Morgan fingerprint density at radius 3 is 2.26 bits per heavy atom. The van der Waals surface area contributed by atoms with E-state index >= 15 is 0 Å². The van der Waals surface area contributed by atoms with Gasteiger partial charge in [0.05, 0.1) is 18.7 Å². The summed E-state index contributed by atoms with van der Waals surface area (Å²) in [4.78, 5) is 13.6. The van der Waals surface area contributed by atoms with Gasteiger partial charge in [0.2, 0.25) is 0 Å². The number of amides is 1. The molecule has 0 aliphatic heterocycles. The summed E-state index contributed by atoms with van der Waals surface area (Å²) in [5.74, 6) is -0.876. The van der Waals surface area contributed by atoms with Crippen molar-refractivity contribution in [2.75, 3.05) is 13.1 Å². The van der Waals surface area contributed by atoms with Gasteiger partial charge in [0, 0.05) is 12.1 Å². The lowest BCUT2D eigenvalue weighted by atomic mass is 10.1. The summed E-state index contributed by atoms with van der Waals surface area (Å²) < 4.78 is 13.6. The summed E-state index contributed by atoms with van der Waals surface area (Å²) in [6.07, 6.45) is 0. The fourth-order valence-corrected chi connectivity index (χ4v) is 2.59. The molecule has 0 aromatic heterocycles. The third-order valence-corrected chi connectivity index (χ3v) is 4.12. The van der Waals surface area contributed by atoms with Crippen molar-refractivity contribution in [3.63, 3.8) is 0 Å². The summed E-state index contributed by atoms with van der Waals surface area (Å²) in [5, 5.41) is 2.82. The van der Waals surface area contributed by atoms with E-state index < -0.39 is 5.82 Å². The van der Waals surface area contributed by atoms with Gasteiger partial charge in [-0.1, -0.05) is 36.4 Å². The number of hydrogen-bond acceptors (Lipinski definition) is 1. The molecule has 0 bridgehead atoms. The maximum absolute atomic E-state index is 13.6. The van der Waals surface area contributed by atoms with Crippen LogP contribution in [0, 0.1) is 5.82 Å². The number of nitrogens with one attached hydrogen (secondary N) is 2. The average Bonchev–Trinajstić information content (AvgIpc) is 2.58. The molecule has 3 nitrogen and oxygen atoms in total. The van der Waals surface area contributed by atoms with E-state index in [2.05, 4.69) is 25.2 Å². The van der Waals surface area contributed by atoms with Gasteiger partial charge in [0.15, 0.2) is 0 Å². The summed E-state index contributed by atoms with van der Waals surface area (Å²) in [6, 6.07) is 14.1. The largest absolute Gasteiger partial charge is 0.348 e. The van der Waals surface area contributed by atoms with Crippen molar-refractivity contribution in [1.82, 2.24) is 5.32 Å². The van der Waals surface area contributed by atoms with Crippen LogP contribution in [0.25, 0.3) is 0 Å². The summed E-state index contributed by atoms with van der Waals surface area (Å²) in [5.41, 5.74) is 2.39. The molecule has 0 unspecified atom stereocenters. The first-order valence-electron chi connectivity index (χ1n) is 8.08. The molecule has 0 atom stereocenters. The normalized spacial score (nSPS) is 10.8. The number of quaternary nitrogens is 1. The van der Waals surface area contributed by atoms with Gasteiger partial charge < -0.3 is 10.2 Å². The molecule has 0 radical (unpaired) electrons. The van der Waals surface area contributed by atoms with Gasteiger partial charge in [0.25, 0.3) is 5.91 Å². The van der Waals surface area contributed by atoms with Crippen molar-refractivity contribution >= 4 is 5.91 Å². The van der Waals surface area contributed by atoms with Crippen molar-refractivity contribution in [3.8, 4) is 0 Å². The number of rotatable bonds is 7. The van der Waals surface area contributed by atoms with Crippen LogP contribution in [0.1, 0.15) is 35.3 Å². The maximum Gasteiger partial charge on any atom is 0.254 e. The van der Waals surface area contributed by atoms with Crippen molar-refractivity contribution in [1.29, 1.82) is 0 Å². The molecule has 1 amide bonds. The third-order valence-electron chi connectivity index (χ3n) is 4.12. The second-order valence-corrected chi connectivity index (χ2v) is 5.57. The Kier molecular flexibility index (Phi) is 6.29. The Morgan fingerprint density at radius 2 is 1.61 bits per heavy atom. The Labute approximate surface area is 137 Å². The zero-order chi connectivity index (χ0) is 16.7. The number of hydrogen-bond donors (Lipinski definition) is 2. The zero-order valence-corrected chi connectivity index (χ0v) is 13.7. The highest BCUT2D eigenvalue weighted by Crippen LogP contribution is 2.09. The smallest absolute Gasteiger partial charge is 0.254 e. The molecule has 4 heteroatoms. The van der Waals surface area contributed by atoms with Crippen LogP contribution in [0.15, 0.2) is 48.5 Å². The summed E-state index contributed by atoms with van der Waals surface area (Å²) in [7, 11) is 0. The third kappa shape index (κ3) is 4.63. The van der Waals surface area contributed by atoms with Gasteiger partial charge in [-0.25, -0.2) is 4.39 Å². The molecule has 0 aliphatic carbocycles. The highest BCUT2D eigenvalue weighted by atomic mass is 19.1. The van der Waals surface area contributed by atoms with E-state index in [-0.39, 0.29) is 11.5 Å². The lowest BCUT2D eigenvalue weighted by Crippen LogP contribution is -3.10. The van der Waals surface area contributed by atoms with Gasteiger partial charge >= 0.3 is 0 Å². The van der Waals surface area contributed by atoms with Gasteiger partial charge in [-0.2, -0.15) is 0 Å². The standard InChI is InChI=1S/C19H23FN2O/c1-3-22(4-2)14-16-10-6-5-9-15(16)13-21-19(23)17-11-7-8-12-18(17)20/h5-12H,3-4,13-14H2,1-2H3,(H,21,23)/p+1. The molecule has 0 saturated heterocycles. The van der Waals surface area contributed by atoms with E-state index in [0.717, 1.165) is 25.2 Å². The second kappa shape index (κ2) is 8.44. The van der Waals surface area contributed by atoms with Crippen LogP contribution in [0.5, 0.6) is 0 Å². The molecular weight excluding hydrogens is 291 g/mol. The van der Waals surface area contributed by atoms with E-state index in [0.29, 0.717) is 6.54 Å². The first kappa shape index (κ1) is 17.2. The van der Waals surface area contributed by atoms with Crippen molar-refractivity contribution < 1.29 is 14.1 Å². The lowest BCUT2D eigenvalue weighted by molar-refractivity contribution is -0.910. The minimum Gasteiger partial charge on any atom is -0.348 e. The minimum atomic E-state index is -0.495. The van der Waals surface area contributed by atoms with Crippen LogP contribution >= 0.6 is 0 Å². The molecule has 0 heterocycles. The van der Waals surface area contributed by atoms with Crippen molar-refractivity contribution in [2.24, 2.45) is 0 Å². The number of benzene rings is 2. The van der Waals surface area contributed by atoms with E-state index in [1.165, 1.54) is 22.6 Å². The van der Waals surface area contributed by atoms with Crippen molar-refractivity contribution in [2.45, 2.75) is 26.9 Å². The van der Waals surface area contributed by atoms with Gasteiger partial charge in [-0.05, 0) is 31.5 Å². The number of carbonyl (C=O) groups is 1. The highest BCUT2D eigenvalue weighted by molar-refractivity contribution is 5.94. The first-order chi connectivity index (χ1) is 11.2. The van der Waals surface area contributed by atoms with E-state index in [4.69, 9.17) is 0 Å². The van der Waals surface area contributed by atoms with E-state index in [1.807, 2.05) is 18.2 Å². The average molecular weight is 315 g/mol. The van der Waals surface area contributed by atoms with Crippen LogP contribution in [-0.4, -0.2) is 19.0 Å². The maximum atomic E-state index is 13.6. The molecule has 2 aromatic carbocycles. The molecule has 0 aliphatic rings. The Hall–Kier alpha value is -2.20. The molecule has 23 heavy (non-hydrogen) atoms. The van der Waals surface area contributed by atoms with E-state index in [1.54, 1.807) is 12.1 Å². The fourth-order valence-electron chi connectivity index (χ4n) is 2.59. The molecule has 0 fully saturated rings. The molecule has 122 valence electrons. The number of halogens is 1. The quantitative estimate of drug-likeness (QED) is 0.807.